The summed E-state index contributed by atoms with van der Waals surface area (Å²) >= 11 is 0. The van der Waals surface area contributed by atoms with Crippen LogP contribution in [-0.4, -0.2) is 34.3 Å². The Morgan fingerprint density at radius 1 is 1.17 bits per heavy atom. The van der Waals surface area contributed by atoms with Gasteiger partial charge in [0.25, 0.3) is 0 Å². The lowest BCUT2D eigenvalue weighted by Crippen LogP contribution is -2.33. The van der Waals surface area contributed by atoms with Gasteiger partial charge >= 0.3 is 5.97 Å². The summed E-state index contributed by atoms with van der Waals surface area (Å²) < 4.78 is 0. The third-order valence-electron chi connectivity index (χ3n) is 4.79. The molecule has 2 saturated carbocycles. The molecule has 0 radical (unpaired) electrons. The molecule has 1 aliphatic heterocycles. The van der Waals surface area contributed by atoms with Crippen LogP contribution in [0.25, 0.3) is 0 Å². The summed E-state index contributed by atoms with van der Waals surface area (Å²) in [6, 6.07) is 0. The van der Waals surface area contributed by atoms with Crippen LogP contribution in [0.15, 0.2) is 0 Å². The van der Waals surface area contributed by atoms with Crippen molar-refractivity contribution >= 4 is 17.8 Å². The number of carbonyl (C=O) groups excluding carboxylic acids is 2. The van der Waals surface area contributed by atoms with Crippen LogP contribution in [0.2, 0.25) is 0 Å². The molecule has 0 spiro atoms. The van der Waals surface area contributed by atoms with Crippen molar-refractivity contribution in [3.05, 3.63) is 0 Å². The smallest absolute Gasteiger partial charge is 0.303 e. The zero-order valence-electron chi connectivity index (χ0n) is 10.2. The van der Waals surface area contributed by atoms with Crippen LogP contribution < -0.4 is 0 Å². The van der Waals surface area contributed by atoms with Gasteiger partial charge in [-0.1, -0.05) is 0 Å². The molecule has 4 atom stereocenters. The number of carbonyl (C=O) groups is 3. The summed E-state index contributed by atoms with van der Waals surface area (Å²) in [5, 5.41) is 8.59. The zero-order valence-corrected chi connectivity index (χ0v) is 10.2. The molecule has 5 heteroatoms. The van der Waals surface area contributed by atoms with E-state index < -0.39 is 5.97 Å². The highest BCUT2D eigenvalue weighted by Crippen LogP contribution is 2.56. The van der Waals surface area contributed by atoms with E-state index in [2.05, 4.69) is 0 Å². The van der Waals surface area contributed by atoms with Gasteiger partial charge in [-0.15, -0.1) is 0 Å². The topological polar surface area (TPSA) is 74.7 Å². The molecule has 3 aliphatic rings. The summed E-state index contributed by atoms with van der Waals surface area (Å²) in [5.74, 6) is -0.316. The molecule has 3 rings (SSSR count). The number of fused-ring (bicyclic) bond motifs is 5. The Labute approximate surface area is 105 Å². The second-order valence-electron chi connectivity index (χ2n) is 5.71. The highest BCUT2D eigenvalue weighted by Gasteiger charge is 2.60. The molecular formula is C13H17NO4. The summed E-state index contributed by atoms with van der Waals surface area (Å²) in [4.78, 5) is 36.2. The SMILES string of the molecule is O=C(O)CCCN1C(=O)[C@@H]2[C@H]3CC[C@H](C3)[C@@H]2C1=O. The van der Waals surface area contributed by atoms with Crippen molar-refractivity contribution in [3.63, 3.8) is 0 Å². The predicted octanol–water partition coefficient (Wildman–Crippen LogP) is 0.882. The first kappa shape index (κ1) is 11.7. The maximum atomic E-state index is 12.2. The van der Waals surface area contributed by atoms with E-state index in [-0.39, 0.29) is 36.6 Å². The first-order valence-corrected chi connectivity index (χ1v) is 6.66. The first-order chi connectivity index (χ1) is 8.59. The molecule has 0 unspecified atom stereocenters. The van der Waals surface area contributed by atoms with Crippen molar-refractivity contribution in [2.24, 2.45) is 23.7 Å². The van der Waals surface area contributed by atoms with Crippen LogP contribution in [0, 0.1) is 23.7 Å². The van der Waals surface area contributed by atoms with Crippen LogP contribution in [0.1, 0.15) is 32.1 Å². The third-order valence-corrected chi connectivity index (χ3v) is 4.79. The monoisotopic (exact) mass is 251 g/mol. The van der Waals surface area contributed by atoms with Crippen LogP contribution in [0.4, 0.5) is 0 Å². The molecule has 0 aromatic rings. The maximum absolute atomic E-state index is 12.2. The number of rotatable bonds is 4. The van der Waals surface area contributed by atoms with Crippen LogP contribution in [0.5, 0.6) is 0 Å². The number of likely N-dealkylation sites (tertiary alicyclic amines) is 1. The third kappa shape index (κ3) is 1.56. The van der Waals surface area contributed by atoms with Crippen molar-refractivity contribution < 1.29 is 19.5 Å². The Bertz CT molecular complexity index is 391. The van der Waals surface area contributed by atoms with E-state index >= 15 is 0 Å². The van der Waals surface area contributed by atoms with Gasteiger partial charge in [0.15, 0.2) is 0 Å². The fraction of sp³-hybridized carbons (Fsp3) is 0.769. The van der Waals surface area contributed by atoms with Gasteiger partial charge < -0.3 is 5.11 Å². The van der Waals surface area contributed by atoms with Crippen molar-refractivity contribution in [2.75, 3.05) is 6.54 Å². The lowest BCUT2D eigenvalue weighted by Gasteiger charge is -2.19. The highest BCUT2D eigenvalue weighted by atomic mass is 16.4. The molecule has 1 N–H and O–H groups in total. The summed E-state index contributed by atoms with van der Waals surface area (Å²) in [6.07, 6.45) is 3.57. The van der Waals surface area contributed by atoms with Gasteiger partial charge in [0, 0.05) is 13.0 Å². The van der Waals surface area contributed by atoms with Crippen LogP contribution in [-0.2, 0) is 14.4 Å². The molecule has 5 nitrogen and oxygen atoms in total. The Morgan fingerprint density at radius 3 is 2.22 bits per heavy atom. The molecule has 3 fully saturated rings. The minimum absolute atomic E-state index is 0.0131. The van der Waals surface area contributed by atoms with E-state index in [4.69, 9.17) is 5.11 Å². The first-order valence-electron chi connectivity index (χ1n) is 6.66. The average molecular weight is 251 g/mol. The zero-order chi connectivity index (χ0) is 12.9. The van der Waals surface area contributed by atoms with Crippen LogP contribution >= 0.6 is 0 Å². The molecule has 2 bridgehead atoms. The average Bonchev–Trinajstić information content (AvgIpc) is 2.97. The van der Waals surface area contributed by atoms with Crippen molar-refractivity contribution in [2.45, 2.75) is 32.1 Å². The minimum atomic E-state index is -0.880. The molecule has 0 aromatic carbocycles. The minimum Gasteiger partial charge on any atom is -0.481 e. The quantitative estimate of drug-likeness (QED) is 0.753. The van der Waals surface area contributed by atoms with Crippen molar-refractivity contribution in [1.29, 1.82) is 0 Å². The van der Waals surface area contributed by atoms with Gasteiger partial charge in [0.1, 0.15) is 0 Å². The van der Waals surface area contributed by atoms with E-state index in [0.717, 1.165) is 19.3 Å². The number of nitrogens with zero attached hydrogens (tertiary/aromatic N) is 1. The largest absolute Gasteiger partial charge is 0.481 e. The van der Waals surface area contributed by atoms with Gasteiger partial charge in [-0.05, 0) is 37.5 Å². The standard InChI is InChI=1S/C13H17NO4/c15-9(16)2-1-5-14-12(17)10-7-3-4-8(6-7)11(10)13(14)18/h7-8,10-11H,1-6H2,(H,15,16)/t7-,8+,10+,11-. The maximum Gasteiger partial charge on any atom is 0.303 e. The van der Waals surface area contributed by atoms with Gasteiger partial charge in [-0.25, -0.2) is 0 Å². The lowest BCUT2D eigenvalue weighted by molar-refractivity contribution is -0.142. The molecule has 98 valence electrons. The number of amides is 2. The molecule has 2 aliphatic carbocycles. The number of hydrogen-bond acceptors (Lipinski definition) is 3. The molecule has 18 heavy (non-hydrogen) atoms. The van der Waals surface area contributed by atoms with Crippen LogP contribution in [0.3, 0.4) is 0 Å². The fourth-order valence-electron chi connectivity index (χ4n) is 4.08. The van der Waals surface area contributed by atoms with Gasteiger partial charge in [-0.2, -0.15) is 0 Å². The van der Waals surface area contributed by atoms with E-state index in [1.807, 2.05) is 0 Å². The molecular weight excluding hydrogens is 234 g/mol. The number of imide groups is 1. The predicted molar refractivity (Wildman–Crippen MR) is 61.4 cm³/mol. The second-order valence-corrected chi connectivity index (χ2v) is 5.71. The molecule has 1 heterocycles. The van der Waals surface area contributed by atoms with Gasteiger partial charge in [0.2, 0.25) is 11.8 Å². The fourth-order valence-corrected chi connectivity index (χ4v) is 4.08. The highest BCUT2D eigenvalue weighted by molar-refractivity contribution is 6.06. The van der Waals surface area contributed by atoms with Gasteiger partial charge in [0.05, 0.1) is 11.8 Å². The second kappa shape index (κ2) is 4.07. The Balaban J connectivity index is 1.69. The number of hydrogen-bond donors (Lipinski definition) is 1. The molecule has 0 aromatic heterocycles. The number of aliphatic carboxylic acids is 1. The van der Waals surface area contributed by atoms with Crippen molar-refractivity contribution in [3.8, 4) is 0 Å². The Hall–Kier alpha value is -1.39. The Morgan fingerprint density at radius 2 is 1.72 bits per heavy atom. The lowest BCUT2D eigenvalue weighted by atomic mass is 9.81. The number of carboxylic acid groups (broad SMARTS) is 1. The summed E-state index contributed by atoms with van der Waals surface area (Å²) in [5.41, 5.74) is 0. The normalized spacial score (nSPS) is 37.4. The molecule has 2 amide bonds. The summed E-state index contributed by atoms with van der Waals surface area (Å²) in [7, 11) is 0. The summed E-state index contributed by atoms with van der Waals surface area (Å²) in [6.45, 7) is 0.274. The number of carboxylic acids is 1. The Kier molecular flexibility index (Phi) is 2.64. The van der Waals surface area contributed by atoms with E-state index in [0.29, 0.717) is 18.3 Å². The van der Waals surface area contributed by atoms with Crippen molar-refractivity contribution in [1.82, 2.24) is 4.90 Å². The van der Waals surface area contributed by atoms with Gasteiger partial charge in [-0.3, -0.25) is 19.3 Å². The van der Waals surface area contributed by atoms with E-state index in [1.54, 1.807) is 0 Å². The molecule has 1 saturated heterocycles. The van der Waals surface area contributed by atoms with E-state index in [9.17, 15) is 14.4 Å². The van der Waals surface area contributed by atoms with E-state index in [1.165, 1.54) is 4.90 Å².